The van der Waals surface area contributed by atoms with Crippen molar-refractivity contribution in [3.05, 3.63) is 124 Å². The van der Waals surface area contributed by atoms with Gasteiger partial charge in [0.2, 0.25) is 6.67 Å². The zero-order chi connectivity index (χ0) is 28.0. The monoisotopic (exact) mass is 526 g/mol. The van der Waals surface area contributed by atoms with Gasteiger partial charge in [-0.25, -0.2) is 0 Å². The van der Waals surface area contributed by atoms with Crippen LogP contribution in [-0.2, 0) is 11.3 Å². The Morgan fingerprint density at radius 3 is 1.73 bits per heavy atom. The largest absolute Gasteiger partial charge is 0.375 e. The number of ether oxygens (including phenoxy) is 1. The van der Waals surface area contributed by atoms with Gasteiger partial charge >= 0.3 is 0 Å². The summed E-state index contributed by atoms with van der Waals surface area (Å²) in [4.78, 5) is 4.65. The molecule has 0 aromatic heterocycles. The van der Waals surface area contributed by atoms with Crippen molar-refractivity contribution < 1.29 is 4.74 Å². The quantitative estimate of drug-likeness (QED) is 0.206. The van der Waals surface area contributed by atoms with Gasteiger partial charge in [-0.15, -0.1) is 0 Å². The maximum absolute atomic E-state index is 6.63. The Morgan fingerprint density at radius 2 is 1.18 bits per heavy atom. The molecule has 0 bridgehead atoms. The third-order valence-electron chi connectivity index (χ3n) is 8.21. The molecule has 3 nitrogen and oxygen atoms in total. The van der Waals surface area contributed by atoms with Crippen LogP contribution in [0.1, 0.15) is 38.9 Å². The van der Waals surface area contributed by atoms with Crippen molar-refractivity contribution in [1.29, 1.82) is 0 Å². The minimum Gasteiger partial charge on any atom is -0.375 e. The zero-order valence-electron chi connectivity index (χ0n) is 24.5. The van der Waals surface area contributed by atoms with Crippen LogP contribution in [-0.4, -0.2) is 19.2 Å². The van der Waals surface area contributed by atoms with Gasteiger partial charge in [0.05, 0.1) is 19.3 Å². The number of hydrogen-bond donors (Lipinski definition) is 0. The summed E-state index contributed by atoms with van der Waals surface area (Å²) in [5, 5.41) is 5.04. The van der Waals surface area contributed by atoms with Crippen LogP contribution in [0.2, 0.25) is 0 Å². The topological polar surface area (TPSA) is 15.7 Å². The maximum atomic E-state index is 6.63. The third-order valence-corrected chi connectivity index (χ3v) is 8.21. The average molecular weight is 527 g/mol. The van der Waals surface area contributed by atoms with Crippen molar-refractivity contribution in [2.45, 2.75) is 54.2 Å². The molecule has 0 N–H and O–H groups in total. The maximum Gasteiger partial charge on any atom is 0.209 e. The highest BCUT2D eigenvalue weighted by Gasteiger charge is 2.35. The minimum atomic E-state index is 0.140. The van der Waals surface area contributed by atoms with Crippen molar-refractivity contribution in [1.82, 2.24) is 0 Å². The van der Waals surface area contributed by atoms with Crippen molar-refractivity contribution in [2.24, 2.45) is 0 Å². The molecule has 0 aliphatic carbocycles. The van der Waals surface area contributed by atoms with Crippen molar-refractivity contribution in [2.75, 3.05) is 23.0 Å². The highest BCUT2D eigenvalue weighted by molar-refractivity contribution is 6.02. The molecule has 1 fully saturated rings. The van der Waals surface area contributed by atoms with Gasteiger partial charge in [-0.2, -0.15) is 0 Å². The number of aryl methyl sites for hydroxylation is 6. The number of benzene rings is 5. The molecule has 5 aromatic rings. The summed E-state index contributed by atoms with van der Waals surface area (Å²) in [6.07, 6.45) is 0. The van der Waals surface area contributed by atoms with E-state index < -0.39 is 0 Å². The second-order valence-corrected chi connectivity index (χ2v) is 11.5. The number of rotatable bonds is 6. The molecule has 1 aliphatic heterocycles. The molecule has 1 heterocycles. The first-order valence-electron chi connectivity index (χ1n) is 14.3. The molecule has 2 radical (unpaired) electrons. The molecule has 0 spiro atoms. The lowest BCUT2D eigenvalue weighted by atomic mass is 9.97. The summed E-state index contributed by atoms with van der Waals surface area (Å²) in [6.45, 7) is 18.9. The summed E-state index contributed by atoms with van der Waals surface area (Å²) < 4.78 is 6.63. The fourth-order valence-corrected chi connectivity index (χ4v) is 6.76. The second-order valence-electron chi connectivity index (χ2n) is 11.5. The molecule has 6 rings (SSSR count). The average Bonchev–Trinajstić information content (AvgIpc) is 3.29. The summed E-state index contributed by atoms with van der Waals surface area (Å²) in [7, 11) is 0. The predicted octanol–water partition coefficient (Wildman–Crippen LogP) is 8.75. The Labute approximate surface area is 239 Å². The highest BCUT2D eigenvalue weighted by Crippen LogP contribution is 2.38. The molecule has 1 saturated heterocycles. The zero-order valence-corrected chi connectivity index (χ0v) is 24.5. The van der Waals surface area contributed by atoms with E-state index in [0.29, 0.717) is 13.2 Å². The Balaban J connectivity index is 1.33. The van der Waals surface area contributed by atoms with E-state index in [4.69, 9.17) is 4.74 Å². The van der Waals surface area contributed by atoms with Crippen molar-refractivity contribution >= 4 is 32.9 Å². The van der Waals surface area contributed by atoms with Gasteiger partial charge in [0, 0.05) is 17.9 Å². The molecule has 202 valence electrons. The van der Waals surface area contributed by atoms with Crippen molar-refractivity contribution in [3.63, 3.8) is 0 Å². The Bertz CT molecular complexity index is 1620. The van der Waals surface area contributed by atoms with Gasteiger partial charge in [0.25, 0.3) is 0 Å². The summed E-state index contributed by atoms with van der Waals surface area (Å²) in [6, 6.07) is 28.8. The lowest BCUT2D eigenvalue weighted by Crippen LogP contribution is -2.34. The van der Waals surface area contributed by atoms with Crippen LogP contribution in [0.25, 0.3) is 21.5 Å². The number of anilines is 2. The molecule has 1 atom stereocenters. The molecular formula is C37H38N2O. The number of fused-ring (bicyclic) bond motifs is 2. The summed E-state index contributed by atoms with van der Waals surface area (Å²) in [5.41, 5.74) is 11.4. The lowest BCUT2D eigenvalue weighted by molar-refractivity contribution is 0.113. The van der Waals surface area contributed by atoms with Gasteiger partial charge in [0.15, 0.2) is 0 Å². The van der Waals surface area contributed by atoms with Gasteiger partial charge in [-0.05, 0) is 97.0 Å². The molecule has 1 unspecified atom stereocenters. The van der Waals surface area contributed by atoms with Crippen LogP contribution in [0.3, 0.4) is 0 Å². The van der Waals surface area contributed by atoms with E-state index in [2.05, 4.69) is 137 Å². The second kappa shape index (κ2) is 10.6. The molecule has 40 heavy (non-hydrogen) atoms. The van der Waals surface area contributed by atoms with E-state index in [1.807, 2.05) is 0 Å². The van der Waals surface area contributed by atoms with Crippen LogP contribution in [0.5, 0.6) is 0 Å². The Hall–Kier alpha value is -3.82. The summed E-state index contributed by atoms with van der Waals surface area (Å²) in [5.74, 6) is 0. The Kier molecular flexibility index (Phi) is 7.02. The first-order valence-corrected chi connectivity index (χ1v) is 14.3. The molecule has 0 amide bonds. The van der Waals surface area contributed by atoms with E-state index in [0.717, 1.165) is 6.54 Å². The third kappa shape index (κ3) is 4.84. The van der Waals surface area contributed by atoms with Gasteiger partial charge in [0.1, 0.15) is 0 Å². The smallest absolute Gasteiger partial charge is 0.209 e. The molecular weight excluding hydrogens is 488 g/mol. The Morgan fingerprint density at radius 1 is 0.675 bits per heavy atom. The van der Waals surface area contributed by atoms with E-state index in [1.165, 1.54) is 71.9 Å². The number of hydrogen-bond acceptors (Lipinski definition) is 3. The molecule has 0 saturated carbocycles. The number of nitrogens with zero attached hydrogens (tertiary/aromatic N) is 2. The standard InChI is InChI=1S/C37H38N2O/c1-24-15-26(3)36(27(4)16-24)38-20-32(39(23-38)37-28(5)17-25(2)18-29(37)6)21-40-22-35-33-13-9-7-11-30(33)19-31-12-8-10-14-34(31)35/h7-19,32H,20-22H2,1-6H3. The van der Waals surface area contributed by atoms with Crippen LogP contribution in [0.4, 0.5) is 11.4 Å². The fraction of sp³-hybridized carbons (Fsp3) is 0.270. The van der Waals surface area contributed by atoms with E-state index in [-0.39, 0.29) is 6.04 Å². The summed E-state index contributed by atoms with van der Waals surface area (Å²) >= 11 is 0. The van der Waals surface area contributed by atoms with Gasteiger partial charge in [-0.3, -0.25) is 0 Å². The van der Waals surface area contributed by atoms with Crippen LogP contribution in [0.15, 0.2) is 78.9 Å². The first kappa shape index (κ1) is 26.4. The van der Waals surface area contributed by atoms with E-state index in [1.54, 1.807) is 0 Å². The van der Waals surface area contributed by atoms with Gasteiger partial charge < -0.3 is 14.5 Å². The lowest BCUT2D eigenvalue weighted by Gasteiger charge is -2.28. The molecule has 1 aliphatic rings. The predicted molar refractivity (Wildman–Crippen MR) is 169 cm³/mol. The van der Waals surface area contributed by atoms with Crippen molar-refractivity contribution in [3.8, 4) is 0 Å². The fourth-order valence-electron chi connectivity index (χ4n) is 6.76. The minimum absolute atomic E-state index is 0.140. The van der Waals surface area contributed by atoms with Crippen LogP contribution in [0, 0.1) is 48.2 Å². The molecule has 3 heteroatoms. The molecule has 5 aromatic carbocycles. The van der Waals surface area contributed by atoms with E-state index >= 15 is 0 Å². The van der Waals surface area contributed by atoms with Crippen LogP contribution >= 0.6 is 0 Å². The first-order chi connectivity index (χ1) is 19.3. The normalized spacial score (nSPS) is 15.5. The van der Waals surface area contributed by atoms with E-state index in [9.17, 15) is 0 Å². The SMILES string of the molecule is Cc1cc(C)c(N2[C]N(c3c(C)cc(C)cc3C)C(COCc3c4ccccc4cc4ccccc34)C2)c(C)c1. The van der Waals surface area contributed by atoms with Gasteiger partial charge in [-0.1, -0.05) is 83.9 Å². The van der Waals surface area contributed by atoms with Crippen LogP contribution < -0.4 is 9.80 Å². The highest BCUT2D eigenvalue weighted by atomic mass is 16.5.